The van der Waals surface area contributed by atoms with E-state index in [0.29, 0.717) is 6.26 Å². The SMILES string of the molecule is C[Si](C)(C)c1c(F)c(F)c(F)c(F)c1OS(C)(=O)=O. The van der Waals surface area contributed by atoms with Crippen LogP contribution < -0.4 is 9.37 Å². The molecule has 0 fully saturated rings. The Balaban J connectivity index is 3.78. The van der Waals surface area contributed by atoms with Crippen LogP contribution in [-0.4, -0.2) is 22.7 Å². The predicted octanol–water partition coefficient (Wildman–Crippen LogP) is 2.13. The van der Waals surface area contributed by atoms with Crippen LogP contribution >= 0.6 is 0 Å². The molecule has 0 spiro atoms. The van der Waals surface area contributed by atoms with Crippen LogP contribution in [0.2, 0.25) is 19.6 Å². The Morgan fingerprint density at radius 2 is 1.32 bits per heavy atom. The summed E-state index contributed by atoms with van der Waals surface area (Å²) >= 11 is 0. The van der Waals surface area contributed by atoms with Gasteiger partial charge in [0, 0.05) is 5.19 Å². The molecule has 9 heteroatoms. The number of rotatable bonds is 3. The highest BCUT2D eigenvalue weighted by molar-refractivity contribution is 7.86. The lowest BCUT2D eigenvalue weighted by Crippen LogP contribution is -2.43. The minimum atomic E-state index is -4.20. The van der Waals surface area contributed by atoms with Crippen molar-refractivity contribution in [1.82, 2.24) is 0 Å². The first-order valence-electron chi connectivity index (χ1n) is 5.12. The van der Waals surface area contributed by atoms with Crippen LogP contribution in [0.3, 0.4) is 0 Å². The van der Waals surface area contributed by atoms with Gasteiger partial charge in [0.2, 0.25) is 11.6 Å². The highest BCUT2D eigenvalue weighted by Crippen LogP contribution is 2.27. The minimum Gasteiger partial charge on any atom is -0.379 e. The van der Waals surface area contributed by atoms with Crippen molar-refractivity contribution in [2.45, 2.75) is 19.6 Å². The van der Waals surface area contributed by atoms with E-state index in [-0.39, 0.29) is 0 Å². The van der Waals surface area contributed by atoms with E-state index < -0.39 is 52.4 Å². The van der Waals surface area contributed by atoms with Gasteiger partial charge in [0.1, 0.15) is 0 Å². The smallest absolute Gasteiger partial charge is 0.306 e. The molecular formula is C10H12F4O3SSi. The van der Waals surface area contributed by atoms with Crippen molar-refractivity contribution in [2.24, 2.45) is 0 Å². The van der Waals surface area contributed by atoms with Crippen molar-refractivity contribution in [3.63, 3.8) is 0 Å². The van der Waals surface area contributed by atoms with E-state index >= 15 is 0 Å². The first-order valence-corrected chi connectivity index (χ1v) is 10.4. The highest BCUT2D eigenvalue weighted by atomic mass is 32.2. The molecule has 0 heterocycles. The van der Waals surface area contributed by atoms with Crippen molar-refractivity contribution < 1.29 is 30.2 Å². The third-order valence-corrected chi connectivity index (χ3v) is 4.62. The molecular weight excluding hydrogens is 304 g/mol. The maximum atomic E-state index is 13.8. The quantitative estimate of drug-likeness (QED) is 0.282. The average molecular weight is 316 g/mol. The van der Waals surface area contributed by atoms with E-state index in [0.717, 1.165) is 0 Å². The summed E-state index contributed by atoms with van der Waals surface area (Å²) in [4.78, 5) is 0. The second kappa shape index (κ2) is 4.78. The molecule has 3 nitrogen and oxygen atoms in total. The Labute approximate surface area is 109 Å². The molecule has 1 aromatic carbocycles. The van der Waals surface area contributed by atoms with Gasteiger partial charge in [-0.3, -0.25) is 0 Å². The number of benzene rings is 1. The van der Waals surface area contributed by atoms with Gasteiger partial charge in [0.05, 0.1) is 14.3 Å². The molecule has 19 heavy (non-hydrogen) atoms. The minimum absolute atomic E-state index is 0.547. The zero-order valence-electron chi connectivity index (χ0n) is 10.6. The fourth-order valence-corrected chi connectivity index (χ4v) is 3.65. The van der Waals surface area contributed by atoms with Crippen LogP contribution in [0.25, 0.3) is 0 Å². The molecule has 1 rings (SSSR count). The summed E-state index contributed by atoms with van der Waals surface area (Å²) < 4.78 is 80.1. The van der Waals surface area contributed by atoms with Crippen molar-refractivity contribution >= 4 is 23.4 Å². The topological polar surface area (TPSA) is 43.4 Å². The molecule has 0 aliphatic rings. The Morgan fingerprint density at radius 1 is 0.895 bits per heavy atom. The normalized spacial score (nSPS) is 12.6. The van der Waals surface area contributed by atoms with Crippen molar-refractivity contribution in [1.29, 1.82) is 0 Å². The third kappa shape index (κ3) is 3.27. The van der Waals surface area contributed by atoms with E-state index in [9.17, 15) is 26.0 Å². The van der Waals surface area contributed by atoms with Crippen molar-refractivity contribution in [3.8, 4) is 5.75 Å². The van der Waals surface area contributed by atoms with Crippen molar-refractivity contribution in [2.75, 3.05) is 6.26 Å². The summed E-state index contributed by atoms with van der Waals surface area (Å²) in [5.41, 5.74) is 0. The van der Waals surface area contributed by atoms with Gasteiger partial charge >= 0.3 is 10.1 Å². The van der Waals surface area contributed by atoms with E-state index in [2.05, 4.69) is 4.18 Å². The molecule has 0 bridgehead atoms. The Bertz CT molecular complexity index is 623. The first kappa shape index (κ1) is 16.0. The maximum Gasteiger partial charge on any atom is 0.306 e. The molecule has 0 saturated carbocycles. The lowest BCUT2D eigenvalue weighted by atomic mass is 10.3. The lowest BCUT2D eigenvalue weighted by Gasteiger charge is -2.22. The van der Waals surface area contributed by atoms with Crippen LogP contribution in [0.15, 0.2) is 0 Å². The van der Waals surface area contributed by atoms with Gasteiger partial charge in [-0.15, -0.1) is 0 Å². The molecule has 0 amide bonds. The second-order valence-corrected chi connectivity index (χ2v) is 11.6. The Kier molecular flexibility index (Phi) is 4.02. The van der Waals surface area contributed by atoms with Crippen LogP contribution in [0, 0.1) is 23.3 Å². The molecule has 0 atom stereocenters. The van der Waals surface area contributed by atoms with E-state index in [1.807, 2.05) is 0 Å². The average Bonchev–Trinajstić information content (AvgIpc) is 2.19. The maximum absolute atomic E-state index is 13.8. The summed E-state index contributed by atoms with van der Waals surface area (Å²) in [6, 6.07) is 0. The van der Waals surface area contributed by atoms with Crippen LogP contribution in [0.4, 0.5) is 17.6 Å². The van der Waals surface area contributed by atoms with Crippen LogP contribution in [0.5, 0.6) is 5.75 Å². The van der Waals surface area contributed by atoms with Gasteiger partial charge in [-0.2, -0.15) is 12.8 Å². The number of halogens is 4. The lowest BCUT2D eigenvalue weighted by molar-refractivity contribution is 0.389. The third-order valence-electron chi connectivity index (χ3n) is 2.21. The Hall–Kier alpha value is -1.09. The van der Waals surface area contributed by atoms with Gasteiger partial charge in [0.15, 0.2) is 17.4 Å². The summed E-state index contributed by atoms with van der Waals surface area (Å²) in [6.45, 7) is 4.53. The summed E-state index contributed by atoms with van der Waals surface area (Å²) in [7, 11) is -6.92. The summed E-state index contributed by atoms with van der Waals surface area (Å²) in [5, 5.41) is -0.547. The molecule has 1 aromatic rings. The fraction of sp³-hybridized carbons (Fsp3) is 0.400. The van der Waals surface area contributed by atoms with Crippen LogP contribution in [-0.2, 0) is 10.1 Å². The highest BCUT2D eigenvalue weighted by Gasteiger charge is 2.35. The van der Waals surface area contributed by atoms with Gasteiger partial charge in [-0.05, 0) is 0 Å². The molecule has 0 unspecified atom stereocenters. The molecule has 0 aliphatic heterocycles. The van der Waals surface area contributed by atoms with E-state index in [4.69, 9.17) is 0 Å². The van der Waals surface area contributed by atoms with Crippen LogP contribution in [0.1, 0.15) is 0 Å². The molecule has 0 N–H and O–H groups in total. The molecule has 0 aromatic heterocycles. The van der Waals surface area contributed by atoms with E-state index in [1.165, 1.54) is 19.6 Å². The zero-order chi connectivity index (χ0) is 15.2. The number of hydrogen-bond acceptors (Lipinski definition) is 3. The second-order valence-electron chi connectivity index (χ2n) is 5.00. The molecule has 0 radical (unpaired) electrons. The molecule has 0 aliphatic carbocycles. The van der Waals surface area contributed by atoms with Gasteiger partial charge in [-0.25, -0.2) is 13.2 Å². The summed E-state index contributed by atoms with van der Waals surface area (Å²) in [5.74, 6) is -8.63. The summed E-state index contributed by atoms with van der Waals surface area (Å²) in [6.07, 6.45) is 0.597. The molecule has 108 valence electrons. The van der Waals surface area contributed by atoms with Gasteiger partial charge in [0.25, 0.3) is 0 Å². The zero-order valence-corrected chi connectivity index (χ0v) is 12.5. The predicted molar refractivity (Wildman–Crippen MR) is 64.7 cm³/mol. The largest absolute Gasteiger partial charge is 0.379 e. The van der Waals surface area contributed by atoms with Crippen molar-refractivity contribution in [3.05, 3.63) is 23.3 Å². The van der Waals surface area contributed by atoms with Gasteiger partial charge in [-0.1, -0.05) is 19.6 Å². The fourth-order valence-electron chi connectivity index (χ4n) is 1.51. The number of hydrogen-bond donors (Lipinski definition) is 0. The first-order chi connectivity index (χ1) is 8.36. The van der Waals surface area contributed by atoms with Gasteiger partial charge < -0.3 is 4.18 Å². The Morgan fingerprint density at radius 3 is 1.68 bits per heavy atom. The monoisotopic (exact) mass is 316 g/mol. The van der Waals surface area contributed by atoms with E-state index in [1.54, 1.807) is 0 Å². The molecule has 0 saturated heterocycles. The standard InChI is InChI=1S/C10H12F4O3SSi/c1-18(15,16)17-9-7(13)5(11)6(12)8(14)10(9)19(2,3)4/h1-4H3.